The van der Waals surface area contributed by atoms with Crippen molar-refractivity contribution < 1.29 is 18.0 Å². The van der Waals surface area contributed by atoms with Gasteiger partial charge in [-0.3, -0.25) is 15.1 Å². The number of hydrogen-bond donors (Lipinski definition) is 1. The van der Waals surface area contributed by atoms with Gasteiger partial charge in [-0.1, -0.05) is 11.2 Å². The highest BCUT2D eigenvalue weighted by Gasteiger charge is 2.19. The Bertz CT molecular complexity index is 800. The van der Waals surface area contributed by atoms with E-state index in [0.29, 0.717) is 5.56 Å². The fraction of sp³-hybridized carbons (Fsp3) is 0. The SMILES string of the molecule is O=C(Nc1nnc(-c2cccnc2)o1)c1c(F)cccc1F. The largest absolute Gasteiger partial charge is 0.403 e. The van der Waals surface area contributed by atoms with Crippen molar-refractivity contribution in [3.8, 4) is 11.5 Å². The number of amides is 1. The van der Waals surface area contributed by atoms with Crippen LogP contribution in [0.2, 0.25) is 0 Å². The lowest BCUT2D eigenvalue weighted by molar-refractivity contribution is 0.101. The number of carbonyl (C=O) groups excluding carboxylic acids is 1. The van der Waals surface area contributed by atoms with Gasteiger partial charge >= 0.3 is 6.01 Å². The van der Waals surface area contributed by atoms with Gasteiger partial charge in [0.1, 0.15) is 17.2 Å². The first-order valence-electron chi connectivity index (χ1n) is 6.14. The summed E-state index contributed by atoms with van der Waals surface area (Å²) >= 11 is 0. The minimum Gasteiger partial charge on any atom is -0.403 e. The summed E-state index contributed by atoms with van der Waals surface area (Å²) in [5, 5.41) is 9.47. The Morgan fingerprint density at radius 1 is 1.09 bits per heavy atom. The van der Waals surface area contributed by atoms with Gasteiger partial charge in [0, 0.05) is 12.4 Å². The van der Waals surface area contributed by atoms with Crippen LogP contribution < -0.4 is 5.32 Å². The summed E-state index contributed by atoms with van der Waals surface area (Å²) in [7, 11) is 0. The number of anilines is 1. The van der Waals surface area contributed by atoms with E-state index in [1.807, 2.05) is 0 Å². The first-order valence-corrected chi connectivity index (χ1v) is 6.14. The van der Waals surface area contributed by atoms with Gasteiger partial charge in [-0.25, -0.2) is 8.78 Å². The van der Waals surface area contributed by atoms with E-state index in [1.165, 1.54) is 6.20 Å². The molecule has 0 unspecified atom stereocenters. The highest BCUT2D eigenvalue weighted by atomic mass is 19.1. The molecule has 0 bridgehead atoms. The number of hydrogen-bond acceptors (Lipinski definition) is 5. The molecule has 0 spiro atoms. The fourth-order valence-electron chi connectivity index (χ4n) is 1.75. The van der Waals surface area contributed by atoms with Crippen LogP contribution in [-0.4, -0.2) is 21.1 Å². The Hall–Kier alpha value is -3.16. The molecule has 0 atom stereocenters. The minimum atomic E-state index is -1.02. The Balaban J connectivity index is 1.82. The number of rotatable bonds is 3. The van der Waals surface area contributed by atoms with Gasteiger partial charge in [0.05, 0.1) is 5.56 Å². The first-order chi connectivity index (χ1) is 10.6. The van der Waals surface area contributed by atoms with Gasteiger partial charge in [0.15, 0.2) is 0 Å². The summed E-state index contributed by atoms with van der Waals surface area (Å²) in [5.74, 6) is -2.86. The van der Waals surface area contributed by atoms with E-state index < -0.39 is 23.1 Å². The summed E-state index contributed by atoms with van der Waals surface area (Å²) in [6, 6.07) is 6.20. The highest BCUT2D eigenvalue weighted by molar-refractivity contribution is 6.03. The molecule has 0 radical (unpaired) electrons. The summed E-state index contributed by atoms with van der Waals surface area (Å²) in [6.07, 6.45) is 3.07. The van der Waals surface area contributed by atoms with E-state index in [-0.39, 0.29) is 11.9 Å². The Labute approximate surface area is 122 Å². The average molecular weight is 302 g/mol. The monoisotopic (exact) mass is 302 g/mol. The third-order valence-electron chi connectivity index (χ3n) is 2.74. The number of nitrogens with zero attached hydrogens (tertiary/aromatic N) is 3. The molecule has 22 heavy (non-hydrogen) atoms. The van der Waals surface area contributed by atoms with Crippen molar-refractivity contribution in [2.75, 3.05) is 5.32 Å². The zero-order chi connectivity index (χ0) is 15.5. The van der Waals surface area contributed by atoms with Gasteiger partial charge in [0.25, 0.3) is 11.8 Å². The molecular formula is C14H8F2N4O2. The molecule has 1 amide bonds. The molecule has 0 aliphatic rings. The predicted octanol–water partition coefficient (Wildman–Crippen LogP) is 2.66. The Morgan fingerprint density at radius 2 is 1.86 bits per heavy atom. The molecule has 6 nitrogen and oxygen atoms in total. The van der Waals surface area contributed by atoms with Gasteiger partial charge in [-0.15, -0.1) is 5.10 Å². The summed E-state index contributed by atoms with van der Waals surface area (Å²) < 4.78 is 32.2. The molecule has 0 aliphatic heterocycles. The maximum Gasteiger partial charge on any atom is 0.322 e. The molecule has 2 heterocycles. The Morgan fingerprint density at radius 3 is 2.55 bits per heavy atom. The summed E-state index contributed by atoms with van der Waals surface area (Å²) in [4.78, 5) is 15.8. The lowest BCUT2D eigenvalue weighted by Gasteiger charge is -2.03. The van der Waals surface area contributed by atoms with Crippen LogP contribution in [0.15, 0.2) is 47.1 Å². The molecule has 0 saturated heterocycles. The van der Waals surface area contributed by atoms with Crippen molar-refractivity contribution >= 4 is 11.9 Å². The molecule has 0 aliphatic carbocycles. The van der Waals surface area contributed by atoms with Crippen molar-refractivity contribution in [3.63, 3.8) is 0 Å². The third-order valence-corrected chi connectivity index (χ3v) is 2.74. The standard InChI is InChI=1S/C14H8F2N4O2/c15-9-4-1-5-10(16)11(9)12(21)18-14-20-19-13(22-14)8-3-2-6-17-7-8/h1-7H,(H,18,20,21). The average Bonchev–Trinajstić information content (AvgIpc) is 2.96. The second-order valence-corrected chi connectivity index (χ2v) is 4.20. The van der Waals surface area contributed by atoms with E-state index >= 15 is 0 Å². The van der Waals surface area contributed by atoms with Gasteiger partial charge in [-0.2, -0.15) is 0 Å². The molecule has 1 aromatic carbocycles. The highest BCUT2D eigenvalue weighted by Crippen LogP contribution is 2.19. The molecule has 3 rings (SSSR count). The zero-order valence-electron chi connectivity index (χ0n) is 11.0. The number of nitrogens with one attached hydrogen (secondary N) is 1. The lowest BCUT2D eigenvalue weighted by atomic mass is 10.2. The van der Waals surface area contributed by atoms with E-state index in [4.69, 9.17) is 4.42 Å². The quantitative estimate of drug-likeness (QED) is 0.804. The van der Waals surface area contributed by atoms with Crippen molar-refractivity contribution in [1.82, 2.24) is 15.2 Å². The van der Waals surface area contributed by atoms with Crippen LogP contribution in [0.3, 0.4) is 0 Å². The van der Waals surface area contributed by atoms with Gasteiger partial charge in [-0.05, 0) is 24.3 Å². The summed E-state index contributed by atoms with van der Waals surface area (Å²) in [5.41, 5.74) is -0.170. The van der Waals surface area contributed by atoms with Crippen molar-refractivity contribution in [2.45, 2.75) is 0 Å². The molecule has 0 saturated carbocycles. The number of halogens is 2. The van der Waals surface area contributed by atoms with Crippen LogP contribution in [0.25, 0.3) is 11.5 Å². The van der Waals surface area contributed by atoms with E-state index in [0.717, 1.165) is 18.2 Å². The fourth-order valence-corrected chi connectivity index (χ4v) is 1.75. The zero-order valence-corrected chi connectivity index (χ0v) is 11.0. The topological polar surface area (TPSA) is 80.9 Å². The smallest absolute Gasteiger partial charge is 0.322 e. The second kappa shape index (κ2) is 5.68. The van der Waals surface area contributed by atoms with Crippen LogP contribution in [0.1, 0.15) is 10.4 Å². The van der Waals surface area contributed by atoms with Crippen molar-refractivity contribution in [1.29, 1.82) is 0 Å². The lowest BCUT2D eigenvalue weighted by Crippen LogP contribution is -2.16. The second-order valence-electron chi connectivity index (χ2n) is 4.20. The first kappa shape index (κ1) is 13.8. The van der Waals surface area contributed by atoms with Crippen molar-refractivity contribution in [2.24, 2.45) is 0 Å². The molecular weight excluding hydrogens is 294 g/mol. The summed E-state index contributed by atoms with van der Waals surface area (Å²) in [6.45, 7) is 0. The van der Waals surface area contributed by atoms with E-state index in [2.05, 4.69) is 20.5 Å². The van der Waals surface area contributed by atoms with E-state index in [9.17, 15) is 13.6 Å². The van der Waals surface area contributed by atoms with Crippen LogP contribution in [0.5, 0.6) is 0 Å². The van der Waals surface area contributed by atoms with Gasteiger partial charge in [0.2, 0.25) is 0 Å². The van der Waals surface area contributed by atoms with E-state index in [1.54, 1.807) is 18.3 Å². The van der Waals surface area contributed by atoms with Crippen LogP contribution in [0.4, 0.5) is 14.8 Å². The molecule has 0 fully saturated rings. The maximum absolute atomic E-state index is 13.5. The van der Waals surface area contributed by atoms with Crippen LogP contribution in [0, 0.1) is 11.6 Å². The van der Waals surface area contributed by atoms with Crippen LogP contribution in [-0.2, 0) is 0 Å². The minimum absolute atomic E-state index is 0.123. The Kier molecular flexibility index (Phi) is 3.57. The molecule has 2 aromatic heterocycles. The van der Waals surface area contributed by atoms with Crippen LogP contribution >= 0.6 is 0 Å². The maximum atomic E-state index is 13.5. The number of benzene rings is 1. The predicted molar refractivity (Wildman–Crippen MR) is 71.8 cm³/mol. The van der Waals surface area contributed by atoms with Gasteiger partial charge < -0.3 is 4.42 Å². The molecule has 1 N–H and O–H groups in total. The molecule has 8 heteroatoms. The number of aromatic nitrogens is 3. The third kappa shape index (κ3) is 2.66. The number of carbonyl (C=O) groups is 1. The van der Waals surface area contributed by atoms with Crippen molar-refractivity contribution in [3.05, 3.63) is 59.9 Å². The number of pyridine rings is 1. The molecule has 110 valence electrons. The normalized spacial score (nSPS) is 10.5. The molecule has 3 aromatic rings.